The van der Waals surface area contributed by atoms with Crippen molar-refractivity contribution in [2.45, 2.75) is 18.9 Å². The molecule has 1 unspecified atom stereocenters. The first kappa shape index (κ1) is 14.3. The third kappa shape index (κ3) is 3.92. The second-order valence-corrected chi connectivity index (χ2v) is 3.40. The van der Waals surface area contributed by atoms with E-state index in [-0.39, 0.29) is 6.61 Å². The van der Waals surface area contributed by atoms with Crippen molar-refractivity contribution >= 4 is 5.97 Å². The third-order valence-corrected chi connectivity index (χ3v) is 2.07. The molecule has 4 nitrogen and oxygen atoms in total. The lowest BCUT2D eigenvalue weighted by molar-refractivity contribution is -0.218. The fourth-order valence-corrected chi connectivity index (χ4v) is 1.09. The van der Waals surface area contributed by atoms with Gasteiger partial charge in [0.1, 0.15) is 12.4 Å². The van der Waals surface area contributed by atoms with Gasteiger partial charge in [0.15, 0.2) is 0 Å². The van der Waals surface area contributed by atoms with Gasteiger partial charge in [0.2, 0.25) is 6.10 Å². The monoisotopic (exact) mass is 264 g/mol. The van der Waals surface area contributed by atoms with Gasteiger partial charge in [-0.25, -0.2) is 4.79 Å². The van der Waals surface area contributed by atoms with E-state index < -0.39 is 18.2 Å². The fraction of sp³-hybridized carbons (Fsp3) is 0.364. The van der Waals surface area contributed by atoms with Crippen LogP contribution in [-0.4, -0.2) is 30.5 Å². The molecule has 0 radical (unpaired) electrons. The van der Waals surface area contributed by atoms with Crippen LogP contribution in [-0.2, 0) is 16.1 Å². The highest BCUT2D eigenvalue weighted by atomic mass is 19.4. The van der Waals surface area contributed by atoms with Gasteiger partial charge in [-0.2, -0.15) is 13.2 Å². The van der Waals surface area contributed by atoms with E-state index in [0.29, 0.717) is 11.3 Å². The van der Waals surface area contributed by atoms with Gasteiger partial charge in [0, 0.05) is 0 Å². The first-order chi connectivity index (χ1) is 8.34. The number of halogens is 3. The number of alkyl halides is 3. The predicted octanol–water partition coefficient (Wildman–Crippen LogP) is 1.66. The average Bonchev–Trinajstić information content (AvgIpc) is 2.34. The maximum absolute atomic E-state index is 12.0. The molecule has 0 saturated heterocycles. The lowest BCUT2D eigenvalue weighted by atomic mass is 10.2. The quantitative estimate of drug-likeness (QED) is 0.840. The molecule has 0 aliphatic heterocycles. The molecule has 0 spiro atoms. The third-order valence-electron chi connectivity index (χ3n) is 2.07. The van der Waals surface area contributed by atoms with Crippen LogP contribution in [0.3, 0.4) is 0 Å². The normalized spacial score (nSPS) is 12.9. The van der Waals surface area contributed by atoms with Crippen molar-refractivity contribution in [2.75, 3.05) is 7.11 Å². The van der Waals surface area contributed by atoms with Gasteiger partial charge >= 0.3 is 12.1 Å². The molecule has 0 amide bonds. The summed E-state index contributed by atoms with van der Waals surface area (Å²) in [4.78, 5) is 10.9. The smallest absolute Gasteiger partial charge is 0.425 e. The van der Waals surface area contributed by atoms with Gasteiger partial charge in [-0.3, -0.25) is 0 Å². The Balaban J connectivity index is 2.52. The van der Waals surface area contributed by atoms with E-state index in [1.165, 1.54) is 19.2 Å². The summed E-state index contributed by atoms with van der Waals surface area (Å²) < 4.78 is 45.1. The van der Waals surface area contributed by atoms with E-state index in [0.717, 1.165) is 0 Å². The zero-order chi connectivity index (χ0) is 13.8. The summed E-state index contributed by atoms with van der Waals surface area (Å²) in [5.41, 5.74) is 0.485. The summed E-state index contributed by atoms with van der Waals surface area (Å²) in [6.07, 6.45) is -8.13. The van der Waals surface area contributed by atoms with Crippen molar-refractivity contribution in [1.82, 2.24) is 0 Å². The van der Waals surface area contributed by atoms with Gasteiger partial charge in [-0.15, -0.1) is 0 Å². The van der Waals surface area contributed by atoms with Crippen molar-refractivity contribution in [1.29, 1.82) is 0 Å². The molecule has 0 fully saturated rings. The number of hydrogen-bond acceptors (Lipinski definition) is 4. The maximum Gasteiger partial charge on any atom is 0.425 e. The van der Waals surface area contributed by atoms with Crippen LogP contribution < -0.4 is 4.74 Å². The van der Waals surface area contributed by atoms with Crippen molar-refractivity contribution in [3.05, 3.63) is 29.8 Å². The molecule has 18 heavy (non-hydrogen) atoms. The number of carbonyl (C=O) groups is 1. The van der Waals surface area contributed by atoms with E-state index >= 15 is 0 Å². The Labute approximate surface area is 101 Å². The molecule has 0 bridgehead atoms. The number of benzene rings is 1. The Hall–Kier alpha value is -1.76. The number of aliphatic hydroxyl groups excluding tert-OH is 1. The van der Waals surface area contributed by atoms with Crippen LogP contribution in [0.5, 0.6) is 5.75 Å². The summed E-state index contributed by atoms with van der Waals surface area (Å²) in [6.45, 7) is -0.351. The maximum atomic E-state index is 12.0. The SMILES string of the molecule is COc1ccc(COC(=O)C(O)C(F)(F)F)cc1. The largest absolute Gasteiger partial charge is 0.497 e. The summed E-state index contributed by atoms with van der Waals surface area (Å²) >= 11 is 0. The van der Waals surface area contributed by atoms with Gasteiger partial charge < -0.3 is 14.6 Å². The Morgan fingerprint density at radius 1 is 1.33 bits per heavy atom. The Bertz CT molecular complexity index is 400. The van der Waals surface area contributed by atoms with Crippen LogP contribution in [0.4, 0.5) is 13.2 Å². The van der Waals surface area contributed by atoms with Gasteiger partial charge in [-0.1, -0.05) is 12.1 Å². The molecular formula is C11H11F3O4. The number of methoxy groups -OCH3 is 1. The minimum Gasteiger partial charge on any atom is -0.497 e. The Morgan fingerprint density at radius 2 is 1.89 bits per heavy atom. The first-order valence-corrected chi connectivity index (χ1v) is 4.89. The van der Waals surface area contributed by atoms with E-state index in [4.69, 9.17) is 9.84 Å². The van der Waals surface area contributed by atoms with Gasteiger partial charge in [0.05, 0.1) is 7.11 Å². The standard InChI is InChI=1S/C11H11F3O4/c1-17-8-4-2-7(3-5-8)6-18-10(16)9(15)11(12,13)14/h2-5,9,15H,6H2,1H3. The zero-order valence-corrected chi connectivity index (χ0v) is 9.40. The fourth-order valence-electron chi connectivity index (χ4n) is 1.09. The van der Waals surface area contributed by atoms with Crippen molar-refractivity contribution in [3.63, 3.8) is 0 Å². The zero-order valence-electron chi connectivity index (χ0n) is 9.40. The highest BCUT2D eigenvalue weighted by molar-refractivity contribution is 5.75. The van der Waals surface area contributed by atoms with Crippen LogP contribution in [0.25, 0.3) is 0 Å². The predicted molar refractivity (Wildman–Crippen MR) is 54.9 cm³/mol. The van der Waals surface area contributed by atoms with E-state index in [1.54, 1.807) is 12.1 Å². The average molecular weight is 264 g/mol. The molecule has 0 heterocycles. The summed E-state index contributed by atoms with van der Waals surface area (Å²) in [7, 11) is 1.47. The minimum absolute atomic E-state index is 0.351. The number of carbonyl (C=O) groups excluding carboxylic acids is 1. The van der Waals surface area contributed by atoms with Crippen LogP contribution in [0.2, 0.25) is 0 Å². The molecule has 0 saturated carbocycles. The summed E-state index contributed by atoms with van der Waals surface area (Å²) in [5.74, 6) is -1.15. The van der Waals surface area contributed by atoms with Gasteiger partial charge in [-0.05, 0) is 17.7 Å². The molecule has 1 aromatic carbocycles. The number of ether oxygens (including phenoxy) is 2. The van der Waals surface area contributed by atoms with Crippen LogP contribution in [0, 0.1) is 0 Å². The molecular weight excluding hydrogens is 253 g/mol. The van der Waals surface area contributed by atoms with Gasteiger partial charge in [0.25, 0.3) is 0 Å². The van der Waals surface area contributed by atoms with Crippen molar-refractivity contribution in [3.8, 4) is 5.75 Å². The molecule has 1 rings (SSSR count). The van der Waals surface area contributed by atoms with E-state index in [9.17, 15) is 18.0 Å². The first-order valence-electron chi connectivity index (χ1n) is 4.89. The second-order valence-electron chi connectivity index (χ2n) is 3.40. The molecule has 0 aliphatic carbocycles. The molecule has 1 atom stereocenters. The van der Waals surface area contributed by atoms with Crippen LogP contribution >= 0.6 is 0 Å². The molecule has 0 aliphatic rings. The second kappa shape index (κ2) is 5.72. The molecule has 7 heteroatoms. The number of hydrogen-bond donors (Lipinski definition) is 1. The summed E-state index contributed by atoms with van der Waals surface area (Å²) in [5, 5.41) is 8.59. The molecule has 100 valence electrons. The number of aliphatic hydroxyl groups is 1. The Morgan fingerprint density at radius 3 is 2.33 bits per heavy atom. The van der Waals surface area contributed by atoms with Crippen molar-refractivity contribution < 1.29 is 32.5 Å². The highest BCUT2D eigenvalue weighted by Gasteiger charge is 2.44. The lowest BCUT2D eigenvalue weighted by Crippen LogP contribution is -2.37. The molecule has 0 aromatic heterocycles. The highest BCUT2D eigenvalue weighted by Crippen LogP contribution is 2.21. The van der Waals surface area contributed by atoms with E-state index in [2.05, 4.69) is 4.74 Å². The minimum atomic E-state index is -5.02. The lowest BCUT2D eigenvalue weighted by Gasteiger charge is -2.13. The van der Waals surface area contributed by atoms with Crippen LogP contribution in [0.15, 0.2) is 24.3 Å². The number of rotatable bonds is 4. The number of esters is 1. The topological polar surface area (TPSA) is 55.8 Å². The van der Waals surface area contributed by atoms with E-state index in [1.807, 2.05) is 0 Å². The Kier molecular flexibility index (Phi) is 4.55. The van der Waals surface area contributed by atoms with Crippen LogP contribution in [0.1, 0.15) is 5.56 Å². The molecule has 1 N–H and O–H groups in total. The molecule has 1 aromatic rings. The van der Waals surface area contributed by atoms with Crippen molar-refractivity contribution in [2.24, 2.45) is 0 Å². The summed E-state index contributed by atoms with van der Waals surface area (Å²) in [6, 6.07) is 6.21.